The summed E-state index contributed by atoms with van der Waals surface area (Å²) in [5, 5.41) is 2.89. The minimum absolute atomic E-state index is 0.180. The number of ether oxygens (including phenoxy) is 1. The minimum Gasteiger partial charge on any atom is -0.406 e. The van der Waals surface area contributed by atoms with Crippen molar-refractivity contribution in [3.63, 3.8) is 0 Å². The Morgan fingerprint density at radius 1 is 1.26 bits per heavy atom. The van der Waals surface area contributed by atoms with Gasteiger partial charge in [0.15, 0.2) is 0 Å². The van der Waals surface area contributed by atoms with Gasteiger partial charge >= 0.3 is 6.36 Å². The lowest BCUT2D eigenvalue weighted by Crippen LogP contribution is -2.49. The van der Waals surface area contributed by atoms with E-state index in [4.69, 9.17) is 0 Å². The van der Waals surface area contributed by atoms with Crippen LogP contribution >= 0.6 is 0 Å². The number of nitrogens with one attached hydrogen (secondary N) is 1. The molecule has 1 aromatic carbocycles. The van der Waals surface area contributed by atoms with E-state index < -0.39 is 6.36 Å². The van der Waals surface area contributed by atoms with Gasteiger partial charge in [0.25, 0.3) is 5.91 Å². The number of hydrogen-bond donors (Lipinski definition) is 1. The number of piperidine rings is 1. The Balaban J connectivity index is 1.08. The summed E-state index contributed by atoms with van der Waals surface area (Å²) in [6.45, 7) is 8.63. The molecule has 1 saturated heterocycles. The number of allylic oxidation sites excluding steroid dienone is 1. The molecule has 4 unspecified atom stereocenters. The van der Waals surface area contributed by atoms with E-state index in [-0.39, 0.29) is 17.2 Å². The molecule has 4 nitrogen and oxygen atoms in total. The molecule has 31 heavy (non-hydrogen) atoms. The minimum atomic E-state index is -4.77. The van der Waals surface area contributed by atoms with Crippen LogP contribution in [0.25, 0.3) is 0 Å². The number of alkyl halides is 3. The molecule has 0 radical (unpaired) electrons. The lowest BCUT2D eigenvalue weighted by atomic mass is 9.49. The highest BCUT2D eigenvalue weighted by Gasteiger charge is 2.56. The van der Waals surface area contributed by atoms with Crippen molar-refractivity contribution in [2.75, 3.05) is 26.2 Å². The van der Waals surface area contributed by atoms with Gasteiger partial charge in [-0.15, -0.1) is 13.2 Å². The molecule has 5 aliphatic rings. The van der Waals surface area contributed by atoms with Crippen molar-refractivity contribution in [3.8, 4) is 5.75 Å². The Morgan fingerprint density at radius 2 is 2.00 bits per heavy atom. The molecule has 1 aromatic rings. The van der Waals surface area contributed by atoms with Crippen molar-refractivity contribution >= 4 is 5.91 Å². The largest absolute Gasteiger partial charge is 0.573 e. The molecule has 6 rings (SSSR count). The van der Waals surface area contributed by atoms with Crippen molar-refractivity contribution in [2.24, 2.45) is 35.0 Å². The van der Waals surface area contributed by atoms with Gasteiger partial charge in [-0.05, 0) is 66.0 Å². The number of likely N-dealkylation sites (tertiary alicyclic amines) is 1. The first-order valence-electron chi connectivity index (χ1n) is 11.2. The zero-order valence-electron chi connectivity index (χ0n) is 17.9. The van der Waals surface area contributed by atoms with Crippen molar-refractivity contribution in [2.45, 2.75) is 33.1 Å². The monoisotopic (exact) mass is 434 g/mol. The quantitative estimate of drug-likeness (QED) is 0.671. The molecule has 168 valence electrons. The molecular formula is C24H29F3N2O2. The van der Waals surface area contributed by atoms with Crippen LogP contribution in [0, 0.1) is 35.0 Å². The number of fused-ring (bicyclic) bond motifs is 2. The average molecular weight is 435 g/mol. The van der Waals surface area contributed by atoms with Crippen LogP contribution in [-0.4, -0.2) is 43.3 Å². The van der Waals surface area contributed by atoms with E-state index in [0.717, 1.165) is 37.5 Å². The highest BCUT2D eigenvalue weighted by Crippen LogP contribution is 2.59. The maximum Gasteiger partial charge on any atom is 0.573 e. The summed E-state index contributed by atoms with van der Waals surface area (Å²) in [5.74, 6) is 2.58. The van der Waals surface area contributed by atoms with Crippen LogP contribution in [0.15, 0.2) is 35.9 Å². The maximum atomic E-state index is 12.4. The average Bonchev–Trinajstić information content (AvgIpc) is 3.15. The second-order valence-electron chi connectivity index (χ2n) is 10.3. The third-order valence-electron chi connectivity index (χ3n) is 8.26. The van der Waals surface area contributed by atoms with Crippen LogP contribution in [-0.2, 0) is 0 Å². The number of benzene rings is 1. The van der Waals surface area contributed by atoms with Gasteiger partial charge in [0.2, 0.25) is 0 Å². The van der Waals surface area contributed by atoms with Gasteiger partial charge in [0.1, 0.15) is 5.75 Å². The van der Waals surface area contributed by atoms with E-state index in [1.54, 1.807) is 5.57 Å². The molecular weight excluding hydrogens is 405 g/mol. The number of carbonyl (C=O) groups is 1. The van der Waals surface area contributed by atoms with Gasteiger partial charge in [-0.3, -0.25) is 9.69 Å². The Bertz CT molecular complexity index is 898. The number of amides is 1. The third kappa shape index (κ3) is 3.97. The molecule has 0 spiro atoms. The van der Waals surface area contributed by atoms with Gasteiger partial charge in [-0.1, -0.05) is 31.6 Å². The maximum absolute atomic E-state index is 12.4. The summed E-state index contributed by atoms with van der Waals surface area (Å²) < 4.78 is 41.0. The summed E-state index contributed by atoms with van der Waals surface area (Å²) in [6, 6.07) is 5.21. The predicted octanol–water partition coefficient (Wildman–Crippen LogP) is 4.49. The number of halogens is 3. The number of carbonyl (C=O) groups excluding carboxylic acids is 1. The summed E-state index contributed by atoms with van der Waals surface area (Å²) >= 11 is 0. The summed E-state index contributed by atoms with van der Waals surface area (Å²) in [5.41, 5.74) is 2.27. The molecule has 1 heterocycles. The van der Waals surface area contributed by atoms with Crippen LogP contribution in [0.2, 0.25) is 0 Å². The van der Waals surface area contributed by atoms with Gasteiger partial charge < -0.3 is 10.1 Å². The SMILES string of the molecule is CC1(C)C2CC=C(CN3CC4C(CNC(=O)c5cccc(OC(F)(F)F)c5)C4C3)C1C2. The van der Waals surface area contributed by atoms with Gasteiger partial charge in [-0.25, -0.2) is 0 Å². The second-order valence-corrected chi connectivity index (χ2v) is 10.3. The lowest BCUT2D eigenvalue weighted by molar-refractivity contribution is -0.274. The van der Waals surface area contributed by atoms with E-state index in [1.165, 1.54) is 31.0 Å². The highest BCUT2D eigenvalue weighted by molar-refractivity contribution is 5.94. The molecule has 4 atom stereocenters. The van der Waals surface area contributed by atoms with E-state index in [1.807, 2.05) is 0 Å². The van der Waals surface area contributed by atoms with Gasteiger partial charge in [0.05, 0.1) is 0 Å². The van der Waals surface area contributed by atoms with Crippen molar-refractivity contribution in [1.82, 2.24) is 10.2 Å². The molecule has 1 amide bonds. The summed E-state index contributed by atoms with van der Waals surface area (Å²) in [7, 11) is 0. The van der Waals surface area contributed by atoms with Crippen LogP contribution in [0.5, 0.6) is 5.75 Å². The van der Waals surface area contributed by atoms with Crippen molar-refractivity contribution < 1.29 is 22.7 Å². The van der Waals surface area contributed by atoms with Gasteiger partial charge in [0, 0.05) is 31.7 Å². The molecule has 0 aromatic heterocycles. The van der Waals surface area contributed by atoms with Crippen LogP contribution in [0.1, 0.15) is 37.0 Å². The third-order valence-corrected chi connectivity index (χ3v) is 8.26. The summed E-state index contributed by atoms with van der Waals surface area (Å²) in [4.78, 5) is 14.9. The normalized spacial score (nSPS) is 33.2. The Labute approximate surface area is 180 Å². The van der Waals surface area contributed by atoms with Crippen molar-refractivity contribution in [1.29, 1.82) is 0 Å². The molecule has 7 heteroatoms. The Morgan fingerprint density at radius 3 is 2.65 bits per heavy atom. The Kier molecular flexibility index (Phi) is 4.88. The number of nitrogens with zero attached hydrogens (tertiary/aromatic N) is 1. The van der Waals surface area contributed by atoms with Crippen LogP contribution < -0.4 is 10.1 Å². The van der Waals surface area contributed by atoms with Crippen LogP contribution in [0.3, 0.4) is 0 Å². The zero-order chi connectivity index (χ0) is 22.0. The second kappa shape index (κ2) is 7.26. The number of rotatable bonds is 6. The molecule has 1 aliphatic heterocycles. The van der Waals surface area contributed by atoms with Gasteiger partial charge in [-0.2, -0.15) is 0 Å². The smallest absolute Gasteiger partial charge is 0.406 e. The standard InChI is InChI=1S/C24H29F3N2O2/c1-23(2)16-7-6-15(21(23)9-16)11-29-12-19-18(20(19)13-29)10-28-22(30)14-4-3-5-17(8-14)31-24(25,26)27/h3-6,8,16,18-21H,7,9-13H2,1-2H3,(H,28,30). The first-order valence-corrected chi connectivity index (χ1v) is 11.2. The van der Waals surface area contributed by atoms with Crippen molar-refractivity contribution in [3.05, 3.63) is 41.5 Å². The Hall–Kier alpha value is -2.02. The van der Waals surface area contributed by atoms with Crippen LogP contribution in [0.4, 0.5) is 13.2 Å². The highest BCUT2D eigenvalue weighted by atomic mass is 19.4. The summed E-state index contributed by atoms with van der Waals surface area (Å²) in [6.07, 6.45) is 0.283. The fourth-order valence-electron chi connectivity index (χ4n) is 6.23. The molecule has 2 bridgehead atoms. The molecule has 4 aliphatic carbocycles. The van der Waals surface area contributed by atoms with E-state index in [2.05, 4.69) is 34.9 Å². The molecule has 1 N–H and O–H groups in total. The lowest BCUT2D eigenvalue weighted by Gasteiger charge is -2.57. The van der Waals surface area contributed by atoms with E-state index in [9.17, 15) is 18.0 Å². The predicted molar refractivity (Wildman–Crippen MR) is 110 cm³/mol. The zero-order valence-corrected chi connectivity index (χ0v) is 17.9. The first kappa shape index (κ1) is 20.9. The fraction of sp³-hybridized carbons (Fsp3) is 0.625. The topological polar surface area (TPSA) is 41.6 Å². The molecule has 2 saturated carbocycles. The number of hydrogen-bond acceptors (Lipinski definition) is 3. The first-order chi connectivity index (χ1) is 14.6. The van der Waals surface area contributed by atoms with E-state index in [0.29, 0.717) is 29.7 Å². The molecule has 3 fully saturated rings. The fourth-order valence-corrected chi connectivity index (χ4v) is 6.23. The van der Waals surface area contributed by atoms with E-state index >= 15 is 0 Å².